The molecule has 0 aliphatic carbocycles. The van der Waals surface area contributed by atoms with E-state index < -0.39 is 4.87 Å². The highest BCUT2D eigenvalue weighted by Crippen LogP contribution is 2.40. The minimum absolute atomic E-state index is 0.292. The van der Waals surface area contributed by atoms with Gasteiger partial charge in [-0.15, -0.1) is 11.6 Å². The maximum atomic E-state index is 7.06. The van der Waals surface area contributed by atoms with Gasteiger partial charge in [-0.25, -0.2) is 4.98 Å². The van der Waals surface area contributed by atoms with Crippen LogP contribution in [0.25, 0.3) is 0 Å². The van der Waals surface area contributed by atoms with Crippen molar-refractivity contribution in [2.75, 3.05) is 5.32 Å². The smallest absolute Gasteiger partial charge is 0.182 e. The number of rotatable bonds is 4. The van der Waals surface area contributed by atoms with Crippen LogP contribution < -0.4 is 10.0 Å². The van der Waals surface area contributed by atoms with Gasteiger partial charge in [0, 0.05) is 12.1 Å². The number of halogens is 1. The third-order valence-corrected chi connectivity index (χ3v) is 6.72. The van der Waals surface area contributed by atoms with E-state index in [1.165, 1.54) is 23.1 Å². The molecular weight excluding hydrogens is 406 g/mol. The molecule has 2 heterocycles. The molecule has 3 aromatic rings. The Balaban J connectivity index is 1.67. The van der Waals surface area contributed by atoms with Crippen LogP contribution in [0.4, 0.5) is 5.82 Å². The average Bonchev–Trinajstić information content (AvgIpc) is 2.73. The number of aromatic nitrogens is 1. The van der Waals surface area contributed by atoms with Gasteiger partial charge in [0.1, 0.15) is 5.82 Å². The Morgan fingerprint density at radius 3 is 2.57 bits per heavy atom. The van der Waals surface area contributed by atoms with Gasteiger partial charge >= 0.3 is 0 Å². The first-order valence-corrected chi connectivity index (χ1v) is 10.6. The van der Waals surface area contributed by atoms with Gasteiger partial charge < -0.3 is 10.0 Å². The lowest BCUT2D eigenvalue weighted by atomic mass is 9.87. The van der Waals surface area contributed by atoms with Crippen LogP contribution in [0.15, 0.2) is 71.8 Å². The maximum Gasteiger partial charge on any atom is 0.182 e. The van der Waals surface area contributed by atoms with E-state index in [4.69, 9.17) is 23.8 Å². The fraction of sp³-hybridized carbons (Fsp3) is 0.182. The van der Waals surface area contributed by atoms with Crippen molar-refractivity contribution in [1.29, 1.82) is 0 Å². The second kappa shape index (κ2) is 7.74. The summed E-state index contributed by atoms with van der Waals surface area (Å²) >= 11 is 13.7. The Morgan fingerprint density at radius 2 is 1.79 bits per heavy atom. The first kappa shape index (κ1) is 19.2. The summed E-state index contributed by atoms with van der Waals surface area (Å²) in [6, 6.07) is 21.1. The number of hydrogen-bond acceptors (Lipinski definition) is 3. The Hall–Kier alpha value is -2.08. The molecule has 1 aliphatic rings. The number of thiocarbonyl (C=S) groups is 1. The second-order valence-electron chi connectivity index (χ2n) is 6.99. The molecule has 0 saturated heterocycles. The number of fused-ring (bicyclic) bond motifs is 1. The van der Waals surface area contributed by atoms with E-state index in [1.807, 2.05) is 19.2 Å². The second-order valence-corrected chi connectivity index (χ2v) is 9.00. The average molecular weight is 426 g/mol. The molecule has 2 atom stereocenters. The Bertz CT molecular complexity index is 1020. The summed E-state index contributed by atoms with van der Waals surface area (Å²) < 4.78 is 3.05. The summed E-state index contributed by atoms with van der Waals surface area (Å²) in [5.41, 5.74) is 4.52. The van der Waals surface area contributed by atoms with Gasteiger partial charge in [0.25, 0.3) is 0 Å². The fourth-order valence-corrected chi connectivity index (χ4v) is 4.39. The SMILES string of the molecule is CC(c1ccccc1)c1cccc(C(C)(Cl)c2cnc3c(c2)SNC(=S)N3)c1. The zero-order chi connectivity index (χ0) is 19.7. The van der Waals surface area contributed by atoms with Crippen molar-refractivity contribution < 1.29 is 0 Å². The lowest BCUT2D eigenvalue weighted by Crippen LogP contribution is -2.28. The van der Waals surface area contributed by atoms with E-state index in [1.54, 1.807) is 0 Å². The minimum Gasteiger partial charge on any atom is -0.316 e. The Kier molecular flexibility index (Phi) is 5.32. The number of nitrogens with one attached hydrogen (secondary N) is 2. The standard InChI is InChI=1S/C22H20ClN3S2/c1-14(15-7-4-3-5-8-15)16-9-6-10-17(11-16)22(2,23)18-12-19-20(24-13-18)25-21(27)26-28-19/h3-14H,1-2H3,(H2,24,25,26,27). The number of anilines is 1. The Labute approximate surface area is 180 Å². The van der Waals surface area contributed by atoms with Gasteiger partial charge in [-0.1, -0.05) is 61.5 Å². The van der Waals surface area contributed by atoms with Crippen molar-refractivity contribution >= 4 is 46.7 Å². The lowest BCUT2D eigenvalue weighted by Gasteiger charge is -2.26. The van der Waals surface area contributed by atoms with Crippen molar-refractivity contribution in [2.45, 2.75) is 29.5 Å². The van der Waals surface area contributed by atoms with Gasteiger partial charge in [-0.2, -0.15) is 0 Å². The number of alkyl halides is 1. The van der Waals surface area contributed by atoms with Crippen molar-refractivity contribution in [3.63, 3.8) is 0 Å². The molecule has 1 aliphatic heterocycles. The molecule has 28 heavy (non-hydrogen) atoms. The molecule has 1 aromatic heterocycles. The molecule has 0 fully saturated rings. The van der Waals surface area contributed by atoms with Crippen molar-refractivity contribution in [3.05, 3.63) is 89.1 Å². The molecule has 0 radical (unpaired) electrons. The number of hydrogen-bond donors (Lipinski definition) is 2. The summed E-state index contributed by atoms with van der Waals surface area (Å²) in [4.78, 5) is 4.81. The molecule has 6 heteroatoms. The number of pyridine rings is 1. The molecule has 0 saturated carbocycles. The molecule has 2 aromatic carbocycles. The molecule has 0 spiro atoms. The molecule has 2 N–H and O–H groups in total. The van der Waals surface area contributed by atoms with Crippen molar-refractivity contribution in [3.8, 4) is 0 Å². The van der Waals surface area contributed by atoms with Crippen LogP contribution in [0.5, 0.6) is 0 Å². The molecule has 4 rings (SSSR count). The highest BCUT2D eigenvalue weighted by Gasteiger charge is 2.29. The highest BCUT2D eigenvalue weighted by atomic mass is 35.5. The van der Waals surface area contributed by atoms with Crippen LogP contribution in [-0.4, -0.2) is 10.1 Å². The molecule has 0 amide bonds. The first-order valence-electron chi connectivity index (χ1n) is 9.04. The molecule has 3 nitrogen and oxygen atoms in total. The zero-order valence-corrected chi connectivity index (χ0v) is 18.0. The minimum atomic E-state index is -0.688. The van der Waals surface area contributed by atoms with E-state index in [9.17, 15) is 0 Å². The summed E-state index contributed by atoms with van der Waals surface area (Å²) in [6.07, 6.45) is 1.82. The predicted octanol–water partition coefficient (Wildman–Crippen LogP) is 6.04. The first-order chi connectivity index (χ1) is 13.4. The van der Waals surface area contributed by atoms with E-state index in [0.717, 1.165) is 21.8 Å². The van der Waals surface area contributed by atoms with Crippen LogP contribution in [0.3, 0.4) is 0 Å². The maximum absolute atomic E-state index is 7.06. The number of nitrogens with zero attached hydrogens (tertiary/aromatic N) is 1. The quantitative estimate of drug-likeness (QED) is 0.302. The molecular formula is C22H20ClN3S2. The van der Waals surface area contributed by atoms with Gasteiger partial charge in [0.05, 0.1) is 9.77 Å². The van der Waals surface area contributed by atoms with Gasteiger partial charge in [-0.05, 0) is 59.4 Å². The Morgan fingerprint density at radius 1 is 1.04 bits per heavy atom. The van der Waals surface area contributed by atoms with E-state index >= 15 is 0 Å². The van der Waals surface area contributed by atoms with Crippen LogP contribution in [-0.2, 0) is 4.87 Å². The normalized spacial score (nSPS) is 16.3. The lowest BCUT2D eigenvalue weighted by molar-refractivity contribution is 0.803. The molecule has 0 bridgehead atoms. The third-order valence-electron chi connectivity index (χ3n) is 5.11. The van der Waals surface area contributed by atoms with Crippen molar-refractivity contribution in [1.82, 2.24) is 9.71 Å². The van der Waals surface area contributed by atoms with Gasteiger partial charge in [0.2, 0.25) is 0 Å². The number of benzene rings is 2. The highest BCUT2D eigenvalue weighted by molar-refractivity contribution is 7.99. The van der Waals surface area contributed by atoms with Gasteiger partial charge in [-0.3, -0.25) is 0 Å². The summed E-state index contributed by atoms with van der Waals surface area (Å²) in [5, 5.41) is 3.63. The molecule has 2 unspecified atom stereocenters. The molecule has 142 valence electrons. The van der Waals surface area contributed by atoms with E-state index in [-0.39, 0.29) is 0 Å². The van der Waals surface area contributed by atoms with Crippen LogP contribution in [0.1, 0.15) is 42.0 Å². The predicted molar refractivity (Wildman–Crippen MR) is 122 cm³/mol. The largest absolute Gasteiger partial charge is 0.316 e. The third kappa shape index (κ3) is 3.75. The zero-order valence-electron chi connectivity index (χ0n) is 15.6. The van der Waals surface area contributed by atoms with E-state index in [2.05, 4.69) is 76.5 Å². The fourth-order valence-electron chi connectivity index (χ4n) is 3.31. The summed E-state index contributed by atoms with van der Waals surface area (Å²) in [7, 11) is 0. The summed E-state index contributed by atoms with van der Waals surface area (Å²) in [6.45, 7) is 4.24. The van der Waals surface area contributed by atoms with E-state index in [0.29, 0.717) is 11.0 Å². The topological polar surface area (TPSA) is 37.0 Å². The summed E-state index contributed by atoms with van der Waals surface area (Å²) in [5.74, 6) is 1.05. The van der Waals surface area contributed by atoms with Gasteiger partial charge in [0.15, 0.2) is 5.11 Å². The monoisotopic (exact) mass is 425 g/mol. The van der Waals surface area contributed by atoms with Crippen LogP contribution in [0, 0.1) is 0 Å². The van der Waals surface area contributed by atoms with Crippen LogP contribution in [0.2, 0.25) is 0 Å². The van der Waals surface area contributed by atoms with Crippen molar-refractivity contribution in [2.24, 2.45) is 0 Å². The van der Waals surface area contributed by atoms with Crippen LogP contribution >= 0.6 is 35.8 Å².